The summed E-state index contributed by atoms with van der Waals surface area (Å²) < 4.78 is 13.2. The fraction of sp³-hybridized carbons (Fsp3) is 0. The van der Waals surface area contributed by atoms with Crippen LogP contribution in [-0.2, 0) is 4.57 Å². The second-order valence-electron chi connectivity index (χ2n) is 3.94. The summed E-state index contributed by atoms with van der Waals surface area (Å²) in [6, 6.07) is 17.1. The van der Waals surface area contributed by atoms with Gasteiger partial charge in [0.1, 0.15) is 0 Å². The lowest BCUT2D eigenvalue weighted by Gasteiger charge is -2.17. The van der Waals surface area contributed by atoms with E-state index in [1.165, 1.54) is 0 Å². The summed E-state index contributed by atoms with van der Waals surface area (Å²) >= 11 is 0. The number of rotatable bonds is 4. The molecule has 0 bridgehead atoms. The lowest BCUT2D eigenvalue weighted by molar-refractivity contribution is 0.592. The van der Waals surface area contributed by atoms with Crippen LogP contribution in [0.1, 0.15) is 5.56 Å². The molecule has 0 aliphatic carbocycles. The van der Waals surface area contributed by atoms with E-state index in [0.717, 1.165) is 16.2 Å². The molecule has 18 heavy (non-hydrogen) atoms. The Morgan fingerprint density at radius 2 is 1.50 bits per heavy atom. The average molecular weight is 254 g/mol. The van der Waals surface area contributed by atoms with Crippen molar-refractivity contribution in [3.05, 3.63) is 79.1 Å². The molecule has 0 spiro atoms. The zero-order valence-electron chi connectivity index (χ0n) is 10.1. The van der Waals surface area contributed by atoms with Gasteiger partial charge in [0.25, 0.3) is 0 Å². The van der Waals surface area contributed by atoms with E-state index in [4.69, 9.17) is 0 Å². The third-order valence-electron chi connectivity index (χ3n) is 2.91. The van der Waals surface area contributed by atoms with Gasteiger partial charge in [-0.15, -0.1) is 0 Å². The van der Waals surface area contributed by atoms with Crippen molar-refractivity contribution < 1.29 is 4.57 Å². The van der Waals surface area contributed by atoms with Crippen LogP contribution in [0.5, 0.6) is 0 Å². The van der Waals surface area contributed by atoms with Crippen molar-refractivity contribution in [2.75, 3.05) is 0 Å². The zero-order valence-corrected chi connectivity index (χ0v) is 11.0. The van der Waals surface area contributed by atoms with E-state index in [1.54, 1.807) is 11.9 Å². The van der Waals surface area contributed by atoms with Crippen molar-refractivity contribution in [3.63, 3.8) is 0 Å². The Bertz CT molecular complexity index is 614. The van der Waals surface area contributed by atoms with Gasteiger partial charge in [-0.1, -0.05) is 73.8 Å². The molecule has 0 saturated heterocycles. The normalized spacial score (nSPS) is 13.6. The van der Waals surface area contributed by atoms with Crippen molar-refractivity contribution in [3.8, 4) is 0 Å². The van der Waals surface area contributed by atoms with Crippen LogP contribution >= 0.6 is 7.14 Å². The highest BCUT2D eigenvalue weighted by Crippen LogP contribution is 2.45. The van der Waals surface area contributed by atoms with E-state index in [9.17, 15) is 4.57 Å². The minimum atomic E-state index is -2.77. The standard InChI is InChI=1S/C16H15OP/c1-3-14-10-8-9-13-16(14)18(17,4-2)15-11-6-5-7-12-15/h3-13H,1-2H2. The molecule has 0 saturated carbocycles. The summed E-state index contributed by atoms with van der Waals surface area (Å²) in [5, 5.41) is 1.59. The molecule has 0 aliphatic rings. The fourth-order valence-electron chi connectivity index (χ4n) is 1.95. The molecule has 2 rings (SSSR count). The maximum atomic E-state index is 13.2. The summed E-state index contributed by atoms with van der Waals surface area (Å²) in [5.74, 6) is 1.56. The number of hydrogen-bond donors (Lipinski definition) is 0. The predicted molar refractivity (Wildman–Crippen MR) is 80.0 cm³/mol. The van der Waals surface area contributed by atoms with Gasteiger partial charge >= 0.3 is 0 Å². The first kappa shape index (κ1) is 12.6. The van der Waals surface area contributed by atoms with Gasteiger partial charge in [0.2, 0.25) is 0 Å². The van der Waals surface area contributed by atoms with E-state index in [1.807, 2.05) is 54.6 Å². The SMILES string of the molecule is C=Cc1ccccc1P(=O)(C=C)c1ccccc1. The Hall–Kier alpha value is -1.85. The molecule has 0 aromatic heterocycles. The molecule has 1 atom stereocenters. The highest BCUT2D eigenvalue weighted by molar-refractivity contribution is 7.81. The summed E-state index contributed by atoms with van der Waals surface area (Å²) in [7, 11) is -2.77. The van der Waals surface area contributed by atoms with E-state index in [-0.39, 0.29) is 0 Å². The van der Waals surface area contributed by atoms with E-state index >= 15 is 0 Å². The van der Waals surface area contributed by atoms with Gasteiger partial charge in [0.05, 0.1) is 0 Å². The summed E-state index contributed by atoms with van der Waals surface area (Å²) in [5.41, 5.74) is 0.893. The van der Waals surface area contributed by atoms with Crippen molar-refractivity contribution >= 4 is 23.8 Å². The van der Waals surface area contributed by atoms with Crippen LogP contribution in [0.3, 0.4) is 0 Å². The van der Waals surface area contributed by atoms with Gasteiger partial charge in [-0.05, 0) is 11.4 Å². The van der Waals surface area contributed by atoms with Crippen molar-refractivity contribution in [2.24, 2.45) is 0 Å². The lowest BCUT2D eigenvalue weighted by atomic mass is 10.2. The van der Waals surface area contributed by atoms with Crippen LogP contribution in [0, 0.1) is 0 Å². The molecule has 0 radical (unpaired) electrons. The van der Waals surface area contributed by atoms with Gasteiger partial charge in [-0.2, -0.15) is 0 Å². The van der Waals surface area contributed by atoms with E-state index in [2.05, 4.69) is 13.2 Å². The predicted octanol–water partition coefficient (Wildman–Crippen LogP) is 3.79. The third kappa shape index (κ3) is 2.10. The molecular formula is C16H15OP. The third-order valence-corrected chi connectivity index (χ3v) is 5.61. The van der Waals surface area contributed by atoms with E-state index < -0.39 is 7.14 Å². The summed E-state index contributed by atoms with van der Waals surface area (Å²) in [6.45, 7) is 7.54. The molecule has 2 aromatic rings. The molecule has 2 heteroatoms. The smallest absolute Gasteiger partial charge is 0.164 e. The second kappa shape index (κ2) is 5.20. The van der Waals surface area contributed by atoms with Gasteiger partial charge in [0, 0.05) is 10.6 Å². The van der Waals surface area contributed by atoms with Gasteiger partial charge in [-0.3, -0.25) is 0 Å². The maximum Gasteiger partial charge on any atom is 0.164 e. The highest BCUT2D eigenvalue weighted by Gasteiger charge is 2.24. The molecule has 1 unspecified atom stereocenters. The molecular weight excluding hydrogens is 239 g/mol. The Morgan fingerprint density at radius 3 is 2.11 bits per heavy atom. The molecule has 0 amide bonds. The van der Waals surface area contributed by atoms with Crippen molar-refractivity contribution in [1.29, 1.82) is 0 Å². The first-order valence-electron chi connectivity index (χ1n) is 5.73. The second-order valence-corrected chi connectivity index (χ2v) is 6.62. The Balaban J connectivity index is 2.69. The quantitative estimate of drug-likeness (QED) is 0.759. The lowest BCUT2D eigenvalue weighted by Crippen LogP contribution is -2.16. The van der Waals surface area contributed by atoms with Crippen molar-refractivity contribution in [2.45, 2.75) is 0 Å². The molecule has 90 valence electrons. The fourth-order valence-corrected chi connectivity index (χ4v) is 4.11. The zero-order chi connectivity index (χ0) is 13.0. The Kier molecular flexibility index (Phi) is 3.64. The van der Waals surface area contributed by atoms with Crippen LogP contribution < -0.4 is 10.6 Å². The van der Waals surface area contributed by atoms with Gasteiger partial charge in [-0.25, -0.2) is 0 Å². The average Bonchev–Trinajstić information content (AvgIpc) is 2.47. The van der Waals surface area contributed by atoms with Crippen LogP contribution in [0.4, 0.5) is 0 Å². The van der Waals surface area contributed by atoms with Crippen LogP contribution in [0.2, 0.25) is 0 Å². The van der Waals surface area contributed by atoms with E-state index in [0.29, 0.717) is 0 Å². The minimum absolute atomic E-state index is 0.793. The first-order valence-corrected chi connectivity index (χ1v) is 7.51. The number of hydrogen-bond acceptors (Lipinski definition) is 1. The molecule has 2 aromatic carbocycles. The Morgan fingerprint density at radius 1 is 0.889 bits per heavy atom. The van der Waals surface area contributed by atoms with Crippen LogP contribution in [0.25, 0.3) is 6.08 Å². The molecule has 0 heterocycles. The van der Waals surface area contributed by atoms with Gasteiger partial charge < -0.3 is 4.57 Å². The summed E-state index contributed by atoms with van der Waals surface area (Å²) in [6.07, 6.45) is 1.73. The number of benzene rings is 2. The Labute approximate surface area is 108 Å². The highest BCUT2D eigenvalue weighted by atomic mass is 31.2. The van der Waals surface area contributed by atoms with Crippen LogP contribution in [-0.4, -0.2) is 0 Å². The van der Waals surface area contributed by atoms with Crippen LogP contribution in [0.15, 0.2) is 73.6 Å². The van der Waals surface area contributed by atoms with Crippen molar-refractivity contribution in [1.82, 2.24) is 0 Å². The summed E-state index contributed by atoms with van der Waals surface area (Å²) in [4.78, 5) is 0. The molecule has 1 nitrogen and oxygen atoms in total. The first-order chi connectivity index (χ1) is 8.72. The maximum absolute atomic E-state index is 13.2. The minimum Gasteiger partial charge on any atom is -0.309 e. The largest absolute Gasteiger partial charge is 0.309 e. The molecule has 0 aliphatic heterocycles. The monoisotopic (exact) mass is 254 g/mol. The molecule has 0 fully saturated rings. The van der Waals surface area contributed by atoms with Gasteiger partial charge in [0.15, 0.2) is 7.14 Å². The molecule has 0 N–H and O–H groups in total. The topological polar surface area (TPSA) is 17.1 Å².